The first-order chi connectivity index (χ1) is 9.09. The number of aromatic nitrogens is 2. The van der Waals surface area contributed by atoms with Crippen LogP contribution in [0.5, 0.6) is 0 Å². The molecule has 7 heteroatoms. The highest BCUT2D eigenvalue weighted by Crippen LogP contribution is 2.13. The van der Waals surface area contributed by atoms with Gasteiger partial charge in [0.15, 0.2) is 5.96 Å². The molecule has 0 aromatic carbocycles. The van der Waals surface area contributed by atoms with Crippen molar-refractivity contribution in [1.29, 1.82) is 0 Å². The van der Waals surface area contributed by atoms with Crippen LogP contribution in [0, 0.1) is 13.8 Å². The van der Waals surface area contributed by atoms with Gasteiger partial charge in [-0.05, 0) is 25.8 Å². The Kier molecular flexibility index (Phi) is 7.14. The van der Waals surface area contributed by atoms with Crippen molar-refractivity contribution in [2.24, 2.45) is 17.8 Å². The Hall–Kier alpha value is -0.440. The van der Waals surface area contributed by atoms with Crippen LogP contribution in [0.1, 0.15) is 17.0 Å². The summed E-state index contributed by atoms with van der Waals surface area (Å²) in [5.41, 5.74) is 9.66. The Labute approximate surface area is 142 Å². The number of nitrogens with two attached hydrogens (primary N) is 1. The number of thioether (sulfide) groups is 1. The van der Waals surface area contributed by atoms with Crippen molar-refractivity contribution >= 4 is 41.7 Å². The van der Waals surface area contributed by atoms with Crippen molar-refractivity contribution in [3.63, 3.8) is 0 Å². The smallest absolute Gasteiger partial charge is 0.191 e. The normalized spacial score (nSPS) is 16.1. The summed E-state index contributed by atoms with van der Waals surface area (Å²) < 4.78 is 1.93. The Bertz CT molecular complexity index is 466. The average Bonchev–Trinajstić information content (AvgIpc) is 2.66. The number of guanidine groups is 1. The van der Waals surface area contributed by atoms with Crippen molar-refractivity contribution in [3.8, 4) is 0 Å². The predicted octanol–water partition coefficient (Wildman–Crippen LogP) is 1.56. The van der Waals surface area contributed by atoms with E-state index in [1.165, 1.54) is 11.3 Å². The number of halogens is 1. The molecule has 0 aliphatic carbocycles. The van der Waals surface area contributed by atoms with Crippen LogP contribution < -0.4 is 5.73 Å². The summed E-state index contributed by atoms with van der Waals surface area (Å²) in [6, 6.07) is 0. The van der Waals surface area contributed by atoms with Gasteiger partial charge >= 0.3 is 0 Å². The molecule has 2 N–H and O–H groups in total. The van der Waals surface area contributed by atoms with Crippen LogP contribution >= 0.6 is 35.7 Å². The lowest BCUT2D eigenvalue weighted by Gasteiger charge is -2.27. The second-order valence-electron chi connectivity index (χ2n) is 4.86. The summed E-state index contributed by atoms with van der Waals surface area (Å²) in [4.78, 5) is 6.69. The minimum absolute atomic E-state index is 0. The predicted molar refractivity (Wildman–Crippen MR) is 97.2 cm³/mol. The second kappa shape index (κ2) is 8.11. The molecule has 1 fully saturated rings. The van der Waals surface area contributed by atoms with Gasteiger partial charge in [-0.15, -0.1) is 24.0 Å². The lowest BCUT2D eigenvalue weighted by molar-refractivity contribution is 0.456. The van der Waals surface area contributed by atoms with Gasteiger partial charge in [-0.2, -0.15) is 16.9 Å². The molecular weight excluding hydrogens is 385 g/mol. The molecule has 2 rings (SSSR count). The first-order valence-electron chi connectivity index (χ1n) is 6.71. The average molecular weight is 409 g/mol. The molecule has 1 aliphatic heterocycles. The molecule has 0 radical (unpaired) electrons. The zero-order valence-corrected chi connectivity index (χ0v) is 15.6. The zero-order chi connectivity index (χ0) is 13.8. The maximum absolute atomic E-state index is 6.04. The quantitative estimate of drug-likeness (QED) is 0.468. The van der Waals surface area contributed by atoms with Gasteiger partial charge in [0.1, 0.15) is 0 Å². The van der Waals surface area contributed by atoms with Gasteiger partial charge in [0, 0.05) is 43.9 Å². The molecule has 0 atom stereocenters. The molecule has 1 saturated heterocycles. The largest absolute Gasteiger partial charge is 0.370 e. The van der Waals surface area contributed by atoms with Gasteiger partial charge in [-0.1, -0.05) is 0 Å². The lowest BCUT2D eigenvalue weighted by atomic mass is 10.1. The van der Waals surface area contributed by atoms with E-state index in [9.17, 15) is 0 Å². The van der Waals surface area contributed by atoms with Crippen LogP contribution in [0.2, 0.25) is 0 Å². The van der Waals surface area contributed by atoms with E-state index in [1.54, 1.807) is 0 Å². The van der Waals surface area contributed by atoms with Gasteiger partial charge in [0.05, 0.1) is 5.69 Å². The zero-order valence-electron chi connectivity index (χ0n) is 12.4. The Morgan fingerprint density at radius 1 is 1.35 bits per heavy atom. The molecule has 1 aliphatic rings. The molecule has 0 amide bonds. The fraction of sp³-hybridized carbons (Fsp3) is 0.692. The van der Waals surface area contributed by atoms with E-state index < -0.39 is 0 Å². The summed E-state index contributed by atoms with van der Waals surface area (Å²) in [7, 11) is 1.98. The number of aryl methyl sites for hydroxylation is 2. The van der Waals surface area contributed by atoms with Crippen molar-refractivity contribution < 1.29 is 0 Å². The Morgan fingerprint density at radius 3 is 2.55 bits per heavy atom. The van der Waals surface area contributed by atoms with E-state index in [0.717, 1.165) is 43.3 Å². The van der Waals surface area contributed by atoms with Gasteiger partial charge in [0.25, 0.3) is 0 Å². The van der Waals surface area contributed by atoms with Gasteiger partial charge < -0.3 is 10.6 Å². The summed E-state index contributed by atoms with van der Waals surface area (Å²) in [6.45, 7) is 6.93. The van der Waals surface area contributed by atoms with Crippen molar-refractivity contribution in [2.45, 2.75) is 20.3 Å². The monoisotopic (exact) mass is 409 g/mol. The van der Waals surface area contributed by atoms with E-state index in [2.05, 4.69) is 28.8 Å². The number of aliphatic imine (C=N–C) groups is 1. The molecule has 0 saturated carbocycles. The highest BCUT2D eigenvalue weighted by Gasteiger charge is 2.12. The molecule has 20 heavy (non-hydrogen) atoms. The molecule has 1 aromatic heterocycles. The van der Waals surface area contributed by atoms with Crippen molar-refractivity contribution in [1.82, 2.24) is 14.7 Å². The SMILES string of the molecule is Cc1nn(C)c(C)c1CCN=C(N)N1CCSCC1.I. The summed E-state index contributed by atoms with van der Waals surface area (Å²) in [5, 5.41) is 4.42. The third-order valence-electron chi connectivity index (χ3n) is 3.63. The van der Waals surface area contributed by atoms with Crippen LogP contribution in [0.4, 0.5) is 0 Å². The second-order valence-corrected chi connectivity index (χ2v) is 6.09. The van der Waals surface area contributed by atoms with E-state index >= 15 is 0 Å². The fourth-order valence-corrected chi connectivity index (χ4v) is 3.26. The molecule has 0 unspecified atom stereocenters. The van der Waals surface area contributed by atoms with Crippen LogP contribution in [-0.4, -0.2) is 51.8 Å². The van der Waals surface area contributed by atoms with Crippen LogP contribution in [0.25, 0.3) is 0 Å². The lowest BCUT2D eigenvalue weighted by Crippen LogP contribution is -2.42. The van der Waals surface area contributed by atoms with E-state index in [-0.39, 0.29) is 24.0 Å². The molecule has 114 valence electrons. The van der Waals surface area contributed by atoms with Gasteiger partial charge in [-0.25, -0.2) is 0 Å². The van der Waals surface area contributed by atoms with Gasteiger partial charge in [-0.3, -0.25) is 9.67 Å². The van der Waals surface area contributed by atoms with Crippen LogP contribution in [0.3, 0.4) is 0 Å². The minimum Gasteiger partial charge on any atom is -0.370 e. The molecule has 0 spiro atoms. The maximum atomic E-state index is 6.04. The maximum Gasteiger partial charge on any atom is 0.191 e. The highest BCUT2D eigenvalue weighted by molar-refractivity contribution is 14.0. The van der Waals surface area contributed by atoms with Crippen molar-refractivity contribution in [2.75, 3.05) is 31.1 Å². The van der Waals surface area contributed by atoms with Crippen molar-refractivity contribution in [3.05, 3.63) is 17.0 Å². The number of nitrogens with zero attached hydrogens (tertiary/aromatic N) is 4. The standard InChI is InChI=1S/C13H23N5S.HI/c1-10-12(11(2)17(3)16-10)4-5-15-13(14)18-6-8-19-9-7-18;/h4-9H2,1-3H3,(H2,14,15);1H. The van der Waals surface area contributed by atoms with Crippen LogP contribution in [0.15, 0.2) is 4.99 Å². The summed E-state index contributed by atoms with van der Waals surface area (Å²) >= 11 is 1.98. The van der Waals surface area contributed by atoms with E-state index in [1.807, 2.05) is 23.5 Å². The first-order valence-corrected chi connectivity index (χ1v) is 7.86. The summed E-state index contributed by atoms with van der Waals surface area (Å²) in [5.74, 6) is 2.99. The minimum atomic E-state index is 0. The molecular formula is C13H24IN5S. The first kappa shape index (κ1) is 17.6. The Morgan fingerprint density at radius 2 is 2.00 bits per heavy atom. The molecule has 1 aromatic rings. The topological polar surface area (TPSA) is 59.4 Å². The number of rotatable bonds is 3. The fourth-order valence-electron chi connectivity index (χ4n) is 2.35. The molecule has 0 bridgehead atoms. The van der Waals surface area contributed by atoms with E-state index in [4.69, 9.17) is 5.73 Å². The molecule has 5 nitrogen and oxygen atoms in total. The Balaban J connectivity index is 0.00000200. The number of hydrogen-bond acceptors (Lipinski definition) is 3. The van der Waals surface area contributed by atoms with Gasteiger partial charge in [0.2, 0.25) is 0 Å². The number of hydrogen-bond donors (Lipinski definition) is 1. The highest BCUT2D eigenvalue weighted by atomic mass is 127. The third-order valence-corrected chi connectivity index (χ3v) is 4.57. The van der Waals surface area contributed by atoms with E-state index in [0.29, 0.717) is 5.96 Å². The summed E-state index contributed by atoms with van der Waals surface area (Å²) in [6.07, 6.45) is 0.912. The third kappa shape index (κ3) is 4.28. The molecule has 2 heterocycles. The van der Waals surface area contributed by atoms with Crippen LogP contribution in [-0.2, 0) is 13.5 Å².